The molecule has 3 heteroatoms. The van der Waals surface area contributed by atoms with Crippen LogP contribution < -0.4 is 0 Å². The molecule has 1 rings (SSSR count). The van der Waals surface area contributed by atoms with Crippen LogP contribution in [-0.2, 0) is 4.74 Å². The second-order valence-electron chi connectivity index (χ2n) is 4.08. The number of hydrogen-bond acceptors (Lipinski definition) is 3. The zero-order chi connectivity index (χ0) is 10.2. The van der Waals surface area contributed by atoms with Crippen molar-refractivity contribution in [1.29, 1.82) is 0 Å². The van der Waals surface area contributed by atoms with Crippen LogP contribution in [0.2, 0.25) is 0 Å². The highest BCUT2D eigenvalue weighted by molar-refractivity contribution is 4.65. The van der Waals surface area contributed by atoms with Crippen LogP contribution in [0.5, 0.6) is 0 Å². The van der Waals surface area contributed by atoms with Crippen LogP contribution in [0.15, 0.2) is 0 Å². The van der Waals surface area contributed by atoms with E-state index in [1.165, 1.54) is 6.42 Å². The summed E-state index contributed by atoms with van der Waals surface area (Å²) >= 11 is 0. The molecular formula is C11H23NO2. The maximum atomic E-state index is 9.14. The smallest absolute Gasteiger partial charge is 0.0594 e. The highest BCUT2D eigenvalue weighted by Crippen LogP contribution is 2.11. The number of morpholine rings is 1. The molecule has 3 nitrogen and oxygen atoms in total. The summed E-state index contributed by atoms with van der Waals surface area (Å²) in [5, 5.41) is 9.14. The lowest BCUT2D eigenvalue weighted by Crippen LogP contribution is -2.37. The molecule has 0 amide bonds. The maximum absolute atomic E-state index is 9.14. The van der Waals surface area contributed by atoms with E-state index < -0.39 is 0 Å². The lowest BCUT2D eigenvalue weighted by atomic mass is 10.0. The van der Waals surface area contributed by atoms with Gasteiger partial charge in [-0.25, -0.2) is 0 Å². The Bertz CT molecular complexity index is 130. The molecule has 0 saturated carbocycles. The van der Waals surface area contributed by atoms with E-state index in [9.17, 15) is 0 Å². The van der Waals surface area contributed by atoms with Crippen molar-refractivity contribution in [3.63, 3.8) is 0 Å². The van der Waals surface area contributed by atoms with Gasteiger partial charge in [-0.15, -0.1) is 0 Å². The molecule has 1 atom stereocenters. The lowest BCUT2D eigenvalue weighted by Gasteiger charge is -2.27. The topological polar surface area (TPSA) is 32.7 Å². The van der Waals surface area contributed by atoms with Crippen LogP contribution in [0, 0.1) is 5.92 Å². The van der Waals surface area contributed by atoms with Crippen molar-refractivity contribution in [3.8, 4) is 0 Å². The largest absolute Gasteiger partial charge is 0.396 e. The Kier molecular flexibility index (Phi) is 6.15. The highest BCUT2D eigenvalue weighted by atomic mass is 16.5. The van der Waals surface area contributed by atoms with Crippen molar-refractivity contribution in [2.24, 2.45) is 5.92 Å². The number of aliphatic hydroxyl groups is 1. The Morgan fingerprint density at radius 3 is 2.57 bits per heavy atom. The quantitative estimate of drug-likeness (QED) is 0.699. The summed E-state index contributed by atoms with van der Waals surface area (Å²) in [5.74, 6) is 0.503. The fourth-order valence-corrected chi connectivity index (χ4v) is 1.93. The normalized spacial score (nSPS) is 21.0. The molecule has 1 saturated heterocycles. The number of hydrogen-bond donors (Lipinski definition) is 1. The number of rotatable bonds is 6. The average Bonchev–Trinajstić information content (AvgIpc) is 2.25. The van der Waals surface area contributed by atoms with Gasteiger partial charge in [-0.3, -0.25) is 4.90 Å². The maximum Gasteiger partial charge on any atom is 0.0594 e. The molecular weight excluding hydrogens is 178 g/mol. The summed E-state index contributed by atoms with van der Waals surface area (Å²) in [7, 11) is 0. The predicted molar refractivity (Wildman–Crippen MR) is 57.4 cm³/mol. The molecule has 1 fully saturated rings. The molecule has 0 aromatic rings. The summed E-state index contributed by atoms with van der Waals surface area (Å²) in [6.45, 7) is 7.51. The van der Waals surface area contributed by atoms with Crippen LogP contribution in [-0.4, -0.2) is 49.5 Å². The van der Waals surface area contributed by atoms with Crippen molar-refractivity contribution in [3.05, 3.63) is 0 Å². The van der Waals surface area contributed by atoms with Crippen molar-refractivity contribution < 1.29 is 9.84 Å². The van der Waals surface area contributed by atoms with E-state index in [0.29, 0.717) is 12.5 Å². The van der Waals surface area contributed by atoms with Crippen LogP contribution in [0.1, 0.15) is 26.2 Å². The van der Waals surface area contributed by atoms with Crippen LogP contribution in [0.4, 0.5) is 0 Å². The third-order valence-electron chi connectivity index (χ3n) is 2.91. The number of aliphatic hydroxyl groups excluding tert-OH is 1. The monoisotopic (exact) mass is 201 g/mol. The van der Waals surface area contributed by atoms with Crippen molar-refractivity contribution in [2.75, 3.05) is 39.5 Å². The van der Waals surface area contributed by atoms with Gasteiger partial charge in [0.2, 0.25) is 0 Å². The zero-order valence-corrected chi connectivity index (χ0v) is 9.24. The van der Waals surface area contributed by atoms with Crippen LogP contribution >= 0.6 is 0 Å². The summed E-state index contributed by atoms with van der Waals surface area (Å²) < 4.78 is 5.29. The molecule has 1 aliphatic rings. The molecule has 0 unspecified atom stereocenters. The van der Waals surface area contributed by atoms with E-state index in [1.807, 2.05) is 0 Å². The van der Waals surface area contributed by atoms with Gasteiger partial charge in [0.25, 0.3) is 0 Å². The summed E-state index contributed by atoms with van der Waals surface area (Å²) in [6.07, 6.45) is 3.46. The van der Waals surface area contributed by atoms with Crippen LogP contribution in [0.3, 0.4) is 0 Å². The van der Waals surface area contributed by atoms with Gasteiger partial charge >= 0.3 is 0 Å². The molecule has 0 aliphatic carbocycles. The fraction of sp³-hybridized carbons (Fsp3) is 1.00. The molecule has 14 heavy (non-hydrogen) atoms. The Morgan fingerprint density at radius 2 is 2.00 bits per heavy atom. The Hall–Kier alpha value is -0.120. The van der Waals surface area contributed by atoms with Crippen molar-refractivity contribution in [1.82, 2.24) is 4.90 Å². The molecule has 0 radical (unpaired) electrons. The second kappa shape index (κ2) is 7.21. The van der Waals surface area contributed by atoms with Crippen molar-refractivity contribution in [2.45, 2.75) is 26.2 Å². The summed E-state index contributed by atoms with van der Waals surface area (Å²) in [4.78, 5) is 2.43. The van der Waals surface area contributed by atoms with E-state index in [2.05, 4.69) is 11.8 Å². The van der Waals surface area contributed by atoms with E-state index in [-0.39, 0.29) is 0 Å². The molecule has 1 N–H and O–H groups in total. The Morgan fingerprint density at radius 1 is 1.29 bits per heavy atom. The molecule has 84 valence electrons. The van der Waals surface area contributed by atoms with Crippen molar-refractivity contribution >= 4 is 0 Å². The van der Waals surface area contributed by atoms with E-state index >= 15 is 0 Å². The molecule has 0 bridgehead atoms. The predicted octanol–water partition coefficient (Wildman–Crippen LogP) is 1.12. The first-order chi connectivity index (χ1) is 6.86. The minimum absolute atomic E-state index is 0.345. The van der Waals surface area contributed by atoms with Gasteiger partial charge in [0.05, 0.1) is 13.2 Å². The van der Waals surface area contributed by atoms with Gasteiger partial charge in [-0.05, 0) is 25.3 Å². The molecule has 0 aromatic heterocycles. The Labute approximate surface area is 87.1 Å². The number of ether oxygens (including phenoxy) is 1. The van der Waals surface area contributed by atoms with Gasteiger partial charge < -0.3 is 9.84 Å². The third kappa shape index (κ3) is 4.40. The Balaban J connectivity index is 2.10. The standard InChI is InChI=1S/C11H23NO2/c1-2-3-11(10-13)4-5-12-6-8-14-9-7-12/h11,13H,2-10H2,1H3/t11-/m1/s1. The van der Waals surface area contributed by atoms with Gasteiger partial charge in [-0.1, -0.05) is 13.3 Å². The van der Waals surface area contributed by atoms with E-state index in [0.717, 1.165) is 45.7 Å². The number of nitrogens with zero attached hydrogens (tertiary/aromatic N) is 1. The first kappa shape index (κ1) is 12.0. The highest BCUT2D eigenvalue weighted by Gasteiger charge is 2.12. The first-order valence-electron chi connectivity index (χ1n) is 5.77. The SMILES string of the molecule is CCC[C@@H](CO)CCN1CCOCC1. The van der Waals surface area contributed by atoms with Gasteiger partial charge in [-0.2, -0.15) is 0 Å². The average molecular weight is 201 g/mol. The zero-order valence-electron chi connectivity index (χ0n) is 9.24. The lowest BCUT2D eigenvalue weighted by molar-refractivity contribution is 0.0336. The molecule has 0 spiro atoms. The van der Waals surface area contributed by atoms with Gasteiger partial charge in [0.15, 0.2) is 0 Å². The second-order valence-corrected chi connectivity index (χ2v) is 4.08. The van der Waals surface area contributed by atoms with Gasteiger partial charge in [0, 0.05) is 19.7 Å². The summed E-state index contributed by atoms with van der Waals surface area (Å²) in [5.41, 5.74) is 0. The molecule has 1 aliphatic heterocycles. The first-order valence-corrected chi connectivity index (χ1v) is 5.77. The molecule has 0 aromatic carbocycles. The fourth-order valence-electron chi connectivity index (χ4n) is 1.93. The van der Waals surface area contributed by atoms with Crippen LogP contribution in [0.25, 0.3) is 0 Å². The van der Waals surface area contributed by atoms with E-state index in [4.69, 9.17) is 9.84 Å². The van der Waals surface area contributed by atoms with E-state index in [1.54, 1.807) is 0 Å². The molecule has 1 heterocycles. The minimum Gasteiger partial charge on any atom is -0.396 e. The summed E-state index contributed by atoms with van der Waals surface area (Å²) in [6, 6.07) is 0. The van der Waals surface area contributed by atoms with Gasteiger partial charge in [0.1, 0.15) is 0 Å². The minimum atomic E-state index is 0.345. The third-order valence-corrected chi connectivity index (χ3v) is 2.91.